The summed E-state index contributed by atoms with van der Waals surface area (Å²) in [6.07, 6.45) is 4.27. The lowest BCUT2D eigenvalue weighted by Crippen LogP contribution is -2.51. The van der Waals surface area contributed by atoms with Gasteiger partial charge in [-0.15, -0.1) is 0 Å². The third-order valence-corrected chi connectivity index (χ3v) is 3.80. The summed E-state index contributed by atoms with van der Waals surface area (Å²) >= 11 is 0. The van der Waals surface area contributed by atoms with Gasteiger partial charge in [0.25, 0.3) is 0 Å². The van der Waals surface area contributed by atoms with Crippen LogP contribution in [0.1, 0.15) is 44.4 Å². The van der Waals surface area contributed by atoms with Crippen molar-refractivity contribution < 1.29 is 9.59 Å². The molecule has 1 aromatic heterocycles. The first-order valence-corrected chi connectivity index (χ1v) is 6.42. The fourth-order valence-corrected chi connectivity index (χ4v) is 2.54. The van der Waals surface area contributed by atoms with Crippen LogP contribution in [0.4, 0.5) is 0 Å². The summed E-state index contributed by atoms with van der Waals surface area (Å²) < 4.78 is 0. The van der Waals surface area contributed by atoms with Gasteiger partial charge in [0.05, 0.1) is 5.41 Å². The molecule has 1 aliphatic rings. The lowest BCUT2D eigenvalue weighted by molar-refractivity contribution is -0.138. The number of amides is 2. The number of nitrogens with one attached hydrogen (secondary N) is 1. The number of hydrogen-bond acceptors (Lipinski definition) is 3. The van der Waals surface area contributed by atoms with Crippen LogP contribution in [0.15, 0.2) is 18.3 Å². The van der Waals surface area contributed by atoms with E-state index in [1.807, 2.05) is 26.0 Å². The Bertz CT molecular complexity index is 484. The fraction of sp³-hybridized carbons (Fsp3) is 0.500. The van der Waals surface area contributed by atoms with Gasteiger partial charge in [-0.1, -0.05) is 13.8 Å². The summed E-state index contributed by atoms with van der Waals surface area (Å²) in [5, 5.41) is 2.46. The molecule has 2 rings (SSSR count). The fourth-order valence-electron chi connectivity index (χ4n) is 2.54. The Morgan fingerprint density at radius 2 is 2.17 bits per heavy atom. The summed E-state index contributed by atoms with van der Waals surface area (Å²) in [5.41, 5.74) is 1.38. The SMILES string of the molecule is CCc1cc(C2(CC)CCC(=O)NC2=O)ccn1. The van der Waals surface area contributed by atoms with E-state index in [1.165, 1.54) is 0 Å². The molecule has 2 heterocycles. The first-order valence-electron chi connectivity index (χ1n) is 6.42. The molecule has 1 aliphatic heterocycles. The van der Waals surface area contributed by atoms with Gasteiger partial charge >= 0.3 is 0 Å². The predicted molar refractivity (Wildman–Crippen MR) is 68.0 cm³/mol. The maximum atomic E-state index is 12.2. The number of rotatable bonds is 3. The molecule has 0 radical (unpaired) electrons. The average molecular weight is 246 g/mol. The van der Waals surface area contributed by atoms with E-state index in [9.17, 15) is 9.59 Å². The normalized spacial score (nSPS) is 23.9. The van der Waals surface area contributed by atoms with Crippen LogP contribution in [0.25, 0.3) is 0 Å². The van der Waals surface area contributed by atoms with E-state index in [4.69, 9.17) is 0 Å². The molecule has 1 aromatic rings. The van der Waals surface area contributed by atoms with Crippen LogP contribution in [-0.4, -0.2) is 16.8 Å². The summed E-state index contributed by atoms with van der Waals surface area (Å²) in [5.74, 6) is -0.344. The molecular formula is C14H18N2O2. The van der Waals surface area contributed by atoms with Crippen LogP contribution in [0.5, 0.6) is 0 Å². The van der Waals surface area contributed by atoms with Gasteiger partial charge in [-0.2, -0.15) is 0 Å². The Labute approximate surface area is 107 Å². The van der Waals surface area contributed by atoms with Crippen molar-refractivity contribution in [2.24, 2.45) is 0 Å². The van der Waals surface area contributed by atoms with Crippen LogP contribution in [-0.2, 0) is 21.4 Å². The van der Waals surface area contributed by atoms with Crippen molar-refractivity contribution >= 4 is 11.8 Å². The number of carbonyl (C=O) groups is 2. The number of hydrogen-bond donors (Lipinski definition) is 1. The second kappa shape index (κ2) is 4.88. The minimum atomic E-state index is -0.569. The van der Waals surface area contributed by atoms with Gasteiger partial charge in [-0.25, -0.2) is 0 Å². The number of aromatic nitrogens is 1. The Morgan fingerprint density at radius 1 is 1.39 bits per heavy atom. The third-order valence-electron chi connectivity index (χ3n) is 3.80. The highest BCUT2D eigenvalue weighted by Crippen LogP contribution is 2.35. The van der Waals surface area contributed by atoms with Crippen molar-refractivity contribution in [3.05, 3.63) is 29.6 Å². The van der Waals surface area contributed by atoms with Gasteiger partial charge in [0, 0.05) is 18.3 Å². The number of pyridine rings is 1. The number of nitrogens with zero attached hydrogens (tertiary/aromatic N) is 1. The standard InChI is InChI=1S/C14H18N2O2/c1-3-11-9-10(6-8-15-11)14(4-2)7-5-12(17)16-13(14)18/h6,8-9H,3-5,7H2,1-2H3,(H,16,17,18). The van der Waals surface area contributed by atoms with Gasteiger partial charge in [0.1, 0.15) is 0 Å². The number of aryl methyl sites for hydroxylation is 1. The number of carbonyl (C=O) groups excluding carboxylic acids is 2. The van der Waals surface area contributed by atoms with E-state index < -0.39 is 5.41 Å². The smallest absolute Gasteiger partial charge is 0.237 e. The molecule has 96 valence electrons. The summed E-state index contributed by atoms with van der Waals surface area (Å²) in [6.45, 7) is 4.02. The molecule has 1 N–H and O–H groups in total. The minimum absolute atomic E-state index is 0.172. The van der Waals surface area contributed by atoms with Crippen molar-refractivity contribution in [2.45, 2.75) is 44.9 Å². The van der Waals surface area contributed by atoms with Crippen LogP contribution in [0.2, 0.25) is 0 Å². The van der Waals surface area contributed by atoms with E-state index in [1.54, 1.807) is 6.20 Å². The molecule has 1 fully saturated rings. The number of imide groups is 1. The molecule has 1 atom stereocenters. The first kappa shape index (κ1) is 12.7. The lowest BCUT2D eigenvalue weighted by Gasteiger charge is -2.35. The topological polar surface area (TPSA) is 59.1 Å². The zero-order valence-electron chi connectivity index (χ0n) is 10.8. The van der Waals surface area contributed by atoms with Gasteiger partial charge in [0.15, 0.2) is 0 Å². The molecule has 0 aromatic carbocycles. The molecule has 0 aliphatic carbocycles. The van der Waals surface area contributed by atoms with Crippen molar-refractivity contribution in [3.63, 3.8) is 0 Å². The second-order valence-corrected chi connectivity index (χ2v) is 4.70. The number of piperidine rings is 1. The van der Waals surface area contributed by atoms with Gasteiger partial charge in [-0.3, -0.25) is 19.9 Å². The van der Waals surface area contributed by atoms with E-state index in [0.717, 1.165) is 17.7 Å². The van der Waals surface area contributed by atoms with Crippen LogP contribution in [0, 0.1) is 0 Å². The van der Waals surface area contributed by atoms with Crippen molar-refractivity contribution in [1.29, 1.82) is 0 Å². The molecule has 1 unspecified atom stereocenters. The van der Waals surface area contributed by atoms with E-state index in [-0.39, 0.29) is 11.8 Å². The Morgan fingerprint density at radius 3 is 2.78 bits per heavy atom. The lowest BCUT2D eigenvalue weighted by atomic mass is 9.72. The predicted octanol–water partition coefficient (Wildman–Crippen LogP) is 1.73. The van der Waals surface area contributed by atoms with E-state index >= 15 is 0 Å². The molecular weight excluding hydrogens is 228 g/mol. The Hall–Kier alpha value is -1.71. The monoisotopic (exact) mass is 246 g/mol. The third kappa shape index (κ3) is 2.03. The molecule has 0 bridgehead atoms. The summed E-state index contributed by atoms with van der Waals surface area (Å²) in [4.78, 5) is 27.8. The zero-order chi connectivity index (χ0) is 13.2. The maximum absolute atomic E-state index is 12.2. The molecule has 4 heteroatoms. The summed E-state index contributed by atoms with van der Waals surface area (Å²) in [7, 11) is 0. The van der Waals surface area contributed by atoms with E-state index in [0.29, 0.717) is 19.3 Å². The molecule has 18 heavy (non-hydrogen) atoms. The molecule has 0 spiro atoms. The second-order valence-electron chi connectivity index (χ2n) is 4.70. The van der Waals surface area contributed by atoms with Gasteiger partial charge in [-0.05, 0) is 37.0 Å². The van der Waals surface area contributed by atoms with Crippen LogP contribution < -0.4 is 5.32 Å². The van der Waals surface area contributed by atoms with E-state index in [2.05, 4.69) is 10.3 Å². The maximum Gasteiger partial charge on any atom is 0.237 e. The largest absolute Gasteiger partial charge is 0.296 e. The first-order chi connectivity index (χ1) is 8.62. The highest BCUT2D eigenvalue weighted by molar-refractivity contribution is 6.03. The van der Waals surface area contributed by atoms with Crippen molar-refractivity contribution in [3.8, 4) is 0 Å². The van der Waals surface area contributed by atoms with Crippen LogP contribution >= 0.6 is 0 Å². The minimum Gasteiger partial charge on any atom is -0.296 e. The van der Waals surface area contributed by atoms with Crippen molar-refractivity contribution in [2.75, 3.05) is 0 Å². The molecule has 4 nitrogen and oxygen atoms in total. The summed E-state index contributed by atoms with van der Waals surface area (Å²) in [6, 6.07) is 3.87. The Balaban J connectivity index is 2.42. The molecule has 2 amide bonds. The van der Waals surface area contributed by atoms with Gasteiger partial charge in [0.2, 0.25) is 11.8 Å². The highest BCUT2D eigenvalue weighted by Gasteiger charge is 2.42. The average Bonchev–Trinajstić information content (AvgIpc) is 2.39. The molecule has 1 saturated heterocycles. The van der Waals surface area contributed by atoms with Gasteiger partial charge < -0.3 is 0 Å². The van der Waals surface area contributed by atoms with Crippen molar-refractivity contribution in [1.82, 2.24) is 10.3 Å². The Kier molecular flexibility index (Phi) is 3.45. The van der Waals surface area contributed by atoms with Crippen LogP contribution in [0.3, 0.4) is 0 Å². The quantitative estimate of drug-likeness (QED) is 0.826. The highest BCUT2D eigenvalue weighted by atomic mass is 16.2. The zero-order valence-corrected chi connectivity index (χ0v) is 10.8. The molecule has 0 saturated carbocycles.